The van der Waals surface area contributed by atoms with E-state index in [0.717, 1.165) is 4.90 Å². The number of hydrogen-bond donors (Lipinski definition) is 2. The van der Waals surface area contributed by atoms with Gasteiger partial charge in [0.05, 0.1) is 17.7 Å². The Kier molecular flexibility index (Phi) is 2.64. The number of fused-ring (bicyclic) bond motifs is 1. The number of aliphatic carboxylic acids is 1. The second-order valence-electron chi connectivity index (χ2n) is 3.71. The lowest BCUT2D eigenvalue weighted by atomic mass is 10.1. The van der Waals surface area contributed by atoms with E-state index in [9.17, 15) is 14.4 Å². The zero-order valence-electron chi connectivity index (χ0n) is 8.79. The number of hydrogen-bond acceptors (Lipinski definition) is 4. The van der Waals surface area contributed by atoms with Gasteiger partial charge in [-0.2, -0.15) is 0 Å². The molecule has 1 aliphatic heterocycles. The largest absolute Gasteiger partial charge is 0.480 e. The average molecular weight is 234 g/mol. The molecule has 6 heteroatoms. The molecule has 0 saturated heterocycles. The number of rotatable bonds is 3. The van der Waals surface area contributed by atoms with Crippen molar-refractivity contribution in [1.82, 2.24) is 4.90 Å². The molecule has 6 nitrogen and oxygen atoms in total. The van der Waals surface area contributed by atoms with Crippen LogP contribution in [-0.4, -0.2) is 40.4 Å². The first-order chi connectivity index (χ1) is 8.02. The first kappa shape index (κ1) is 11.3. The van der Waals surface area contributed by atoms with Crippen LogP contribution in [0.25, 0.3) is 0 Å². The number of carboxylic acids is 1. The summed E-state index contributed by atoms with van der Waals surface area (Å²) in [5.41, 5.74) is 5.88. The minimum atomic E-state index is -1.27. The van der Waals surface area contributed by atoms with Gasteiger partial charge in [0, 0.05) is 0 Å². The van der Waals surface area contributed by atoms with Gasteiger partial charge < -0.3 is 10.8 Å². The molecule has 88 valence electrons. The number of benzene rings is 1. The molecule has 2 rings (SSSR count). The van der Waals surface area contributed by atoms with E-state index in [1.54, 1.807) is 12.1 Å². The van der Waals surface area contributed by atoms with Crippen LogP contribution in [-0.2, 0) is 4.79 Å². The molecule has 1 heterocycles. The Hall–Kier alpha value is -2.21. The molecular weight excluding hydrogens is 224 g/mol. The third-order valence-corrected chi connectivity index (χ3v) is 2.57. The average Bonchev–Trinajstić information content (AvgIpc) is 2.55. The van der Waals surface area contributed by atoms with Gasteiger partial charge in [0.25, 0.3) is 11.8 Å². The number of nitrogens with zero attached hydrogens (tertiary/aromatic N) is 1. The van der Waals surface area contributed by atoms with E-state index in [4.69, 9.17) is 10.8 Å². The Balaban J connectivity index is 2.27. The second-order valence-corrected chi connectivity index (χ2v) is 3.71. The maximum Gasteiger partial charge on any atom is 0.322 e. The Bertz CT molecular complexity index is 477. The molecule has 17 heavy (non-hydrogen) atoms. The van der Waals surface area contributed by atoms with Crippen molar-refractivity contribution in [2.24, 2.45) is 5.73 Å². The fourth-order valence-electron chi connectivity index (χ4n) is 1.68. The topological polar surface area (TPSA) is 101 Å². The molecule has 3 N–H and O–H groups in total. The third-order valence-electron chi connectivity index (χ3n) is 2.57. The van der Waals surface area contributed by atoms with Gasteiger partial charge in [-0.05, 0) is 12.1 Å². The van der Waals surface area contributed by atoms with Crippen LogP contribution in [0.3, 0.4) is 0 Å². The van der Waals surface area contributed by atoms with Gasteiger partial charge in [-0.25, -0.2) is 0 Å². The van der Waals surface area contributed by atoms with Crippen molar-refractivity contribution in [3.63, 3.8) is 0 Å². The lowest BCUT2D eigenvalue weighted by molar-refractivity contribution is -0.138. The summed E-state index contributed by atoms with van der Waals surface area (Å²) in [4.78, 5) is 35.1. The lowest BCUT2D eigenvalue weighted by Gasteiger charge is -2.16. The van der Waals surface area contributed by atoms with E-state index in [0.29, 0.717) is 0 Å². The summed E-state index contributed by atoms with van der Waals surface area (Å²) in [7, 11) is 0. The maximum atomic E-state index is 11.8. The number of carbonyl (C=O) groups excluding carboxylic acids is 2. The highest BCUT2D eigenvalue weighted by atomic mass is 16.4. The van der Waals surface area contributed by atoms with E-state index in [2.05, 4.69) is 0 Å². The molecule has 1 aliphatic rings. The standard InChI is InChI=1S/C11H10N2O4/c12-8(11(16)17)5-13-9(14)6-3-1-2-4-7(6)10(13)15/h1-4,8H,5,12H2,(H,16,17)/t8-/m0/s1. The van der Waals surface area contributed by atoms with Gasteiger partial charge in [-0.3, -0.25) is 19.3 Å². The van der Waals surface area contributed by atoms with Crippen LogP contribution in [0.15, 0.2) is 24.3 Å². The van der Waals surface area contributed by atoms with Crippen molar-refractivity contribution in [3.8, 4) is 0 Å². The van der Waals surface area contributed by atoms with Gasteiger partial charge in [0.15, 0.2) is 0 Å². The number of nitrogens with two attached hydrogens (primary N) is 1. The summed E-state index contributed by atoms with van der Waals surface area (Å²) in [5, 5.41) is 8.66. The number of carboxylic acid groups (broad SMARTS) is 1. The van der Waals surface area contributed by atoms with Crippen molar-refractivity contribution in [1.29, 1.82) is 0 Å². The molecule has 0 fully saturated rings. The van der Waals surface area contributed by atoms with E-state index in [1.807, 2.05) is 0 Å². The SMILES string of the molecule is N[C@@H](CN1C(=O)c2ccccc2C1=O)C(=O)O. The maximum absolute atomic E-state index is 11.8. The van der Waals surface area contributed by atoms with Crippen LogP contribution in [0, 0.1) is 0 Å². The molecule has 1 atom stereocenters. The summed E-state index contributed by atoms with van der Waals surface area (Å²) >= 11 is 0. The molecule has 0 aromatic heterocycles. The summed E-state index contributed by atoms with van der Waals surface area (Å²) in [6.07, 6.45) is 0. The Morgan fingerprint density at radius 1 is 1.24 bits per heavy atom. The quantitative estimate of drug-likeness (QED) is 0.699. The van der Waals surface area contributed by atoms with Gasteiger partial charge >= 0.3 is 5.97 Å². The van der Waals surface area contributed by atoms with E-state index < -0.39 is 23.8 Å². The predicted octanol–water partition coefficient (Wildman–Crippen LogP) is -0.306. The minimum Gasteiger partial charge on any atom is -0.480 e. The monoisotopic (exact) mass is 234 g/mol. The molecule has 0 spiro atoms. The van der Waals surface area contributed by atoms with Crippen molar-refractivity contribution < 1.29 is 19.5 Å². The van der Waals surface area contributed by atoms with Crippen LogP contribution in [0.1, 0.15) is 20.7 Å². The van der Waals surface area contributed by atoms with Gasteiger partial charge in [-0.1, -0.05) is 12.1 Å². The Labute approximate surface area is 96.6 Å². The zero-order valence-corrected chi connectivity index (χ0v) is 8.79. The fourth-order valence-corrected chi connectivity index (χ4v) is 1.68. The first-order valence-corrected chi connectivity index (χ1v) is 4.96. The molecule has 0 unspecified atom stereocenters. The summed E-state index contributed by atoms with van der Waals surface area (Å²) < 4.78 is 0. The molecule has 0 radical (unpaired) electrons. The van der Waals surface area contributed by atoms with Crippen LogP contribution >= 0.6 is 0 Å². The highest BCUT2D eigenvalue weighted by molar-refractivity contribution is 6.21. The van der Waals surface area contributed by atoms with Crippen LogP contribution in [0.4, 0.5) is 0 Å². The minimum absolute atomic E-state index is 0.287. The highest BCUT2D eigenvalue weighted by Gasteiger charge is 2.36. The predicted molar refractivity (Wildman–Crippen MR) is 57.4 cm³/mol. The molecule has 0 bridgehead atoms. The smallest absolute Gasteiger partial charge is 0.322 e. The molecular formula is C11H10N2O4. The van der Waals surface area contributed by atoms with Crippen molar-refractivity contribution in [2.75, 3.05) is 6.54 Å². The Morgan fingerprint density at radius 3 is 2.12 bits per heavy atom. The van der Waals surface area contributed by atoms with E-state index in [1.165, 1.54) is 12.1 Å². The fraction of sp³-hybridized carbons (Fsp3) is 0.182. The molecule has 1 aromatic carbocycles. The normalized spacial score (nSPS) is 15.9. The molecule has 0 saturated carbocycles. The Morgan fingerprint density at radius 2 is 1.71 bits per heavy atom. The van der Waals surface area contributed by atoms with Gasteiger partial charge in [0.2, 0.25) is 0 Å². The number of carbonyl (C=O) groups is 3. The molecule has 2 amide bonds. The van der Waals surface area contributed by atoms with Gasteiger partial charge in [-0.15, -0.1) is 0 Å². The summed E-state index contributed by atoms with van der Waals surface area (Å²) in [6.45, 7) is -0.318. The van der Waals surface area contributed by atoms with Crippen molar-refractivity contribution in [2.45, 2.75) is 6.04 Å². The summed E-state index contributed by atoms with van der Waals surface area (Å²) in [6, 6.07) is 5.08. The lowest BCUT2D eigenvalue weighted by Crippen LogP contribution is -2.45. The zero-order chi connectivity index (χ0) is 12.6. The highest BCUT2D eigenvalue weighted by Crippen LogP contribution is 2.22. The number of imide groups is 1. The second kappa shape index (κ2) is 3.99. The number of amides is 2. The van der Waals surface area contributed by atoms with Gasteiger partial charge in [0.1, 0.15) is 6.04 Å². The third kappa shape index (κ3) is 1.78. The summed E-state index contributed by atoms with van der Waals surface area (Å²) in [5.74, 6) is -2.24. The van der Waals surface area contributed by atoms with Crippen LogP contribution < -0.4 is 5.73 Å². The van der Waals surface area contributed by atoms with Crippen LogP contribution in [0.2, 0.25) is 0 Å². The molecule has 1 aromatic rings. The van der Waals surface area contributed by atoms with E-state index in [-0.39, 0.29) is 17.7 Å². The molecule has 0 aliphatic carbocycles. The van der Waals surface area contributed by atoms with Crippen LogP contribution in [0.5, 0.6) is 0 Å². The van der Waals surface area contributed by atoms with Crippen molar-refractivity contribution in [3.05, 3.63) is 35.4 Å². The first-order valence-electron chi connectivity index (χ1n) is 4.96. The van der Waals surface area contributed by atoms with E-state index >= 15 is 0 Å². The van der Waals surface area contributed by atoms with Crippen molar-refractivity contribution >= 4 is 17.8 Å².